The van der Waals surface area contributed by atoms with E-state index in [2.05, 4.69) is 208 Å². The van der Waals surface area contributed by atoms with Gasteiger partial charge in [0.1, 0.15) is 35.2 Å². The van der Waals surface area contributed by atoms with Crippen molar-refractivity contribution in [3.05, 3.63) is 181 Å². The van der Waals surface area contributed by atoms with Gasteiger partial charge in [0.25, 0.3) is 0 Å². The van der Waals surface area contributed by atoms with Gasteiger partial charge < -0.3 is 19.0 Å². The lowest BCUT2D eigenvalue weighted by molar-refractivity contribution is 0.483. The summed E-state index contributed by atoms with van der Waals surface area (Å²) in [5.74, 6) is 2.42. The molecule has 0 bridgehead atoms. The lowest BCUT2D eigenvalue weighted by atomic mass is 9.85. The zero-order chi connectivity index (χ0) is 42.3. The van der Waals surface area contributed by atoms with Gasteiger partial charge in [-0.25, -0.2) is 4.98 Å². The number of anilines is 4. The van der Waals surface area contributed by atoms with Crippen LogP contribution in [0.3, 0.4) is 0 Å². The first kappa shape index (κ1) is 37.7. The third kappa shape index (κ3) is 6.28. The number of ether oxygens (including phenoxy) is 1. The average Bonchev–Trinajstić information content (AvgIpc) is 3.96. The smallest absolute Gasteiger partial charge is 0.143 e. The summed E-state index contributed by atoms with van der Waals surface area (Å²) < 4.78 is 15.6. The molecule has 7 aromatic carbocycles. The number of rotatable bonds is 6. The van der Waals surface area contributed by atoms with Crippen molar-refractivity contribution in [2.45, 2.75) is 52.4 Å². The van der Waals surface area contributed by atoms with E-state index in [1.807, 2.05) is 18.3 Å². The fourth-order valence-corrected chi connectivity index (χ4v) is 9.17. The van der Waals surface area contributed by atoms with Gasteiger partial charge in [-0.05, 0) is 88.7 Å². The van der Waals surface area contributed by atoms with Crippen molar-refractivity contribution in [3.63, 3.8) is 0 Å². The van der Waals surface area contributed by atoms with Crippen LogP contribution in [-0.2, 0) is 10.8 Å². The van der Waals surface area contributed by atoms with Crippen LogP contribution in [0.25, 0.3) is 60.7 Å². The topological polar surface area (TPSA) is 46.7 Å². The molecule has 3 aromatic heterocycles. The molecule has 1 aliphatic rings. The van der Waals surface area contributed by atoms with Crippen LogP contribution in [0.1, 0.15) is 52.7 Å². The zero-order valence-electron chi connectivity index (χ0n) is 36.0. The minimum absolute atomic E-state index is 0.00845. The molecule has 0 spiro atoms. The van der Waals surface area contributed by atoms with E-state index in [-0.39, 0.29) is 10.8 Å². The van der Waals surface area contributed by atoms with Gasteiger partial charge in [0.15, 0.2) is 0 Å². The number of hydrogen-bond donors (Lipinski definition) is 0. The van der Waals surface area contributed by atoms with Crippen LogP contribution in [0.15, 0.2) is 174 Å². The molecule has 11 rings (SSSR count). The summed E-state index contributed by atoms with van der Waals surface area (Å²) in [5.41, 5.74) is 13.1. The Balaban J connectivity index is 0.977. The van der Waals surface area contributed by atoms with Gasteiger partial charge in [-0.15, -0.1) is 0 Å². The van der Waals surface area contributed by atoms with Crippen LogP contribution in [0.4, 0.5) is 22.7 Å². The van der Waals surface area contributed by atoms with Crippen LogP contribution in [0.5, 0.6) is 11.5 Å². The Labute approximate surface area is 362 Å². The highest BCUT2D eigenvalue weighted by molar-refractivity contribution is 6.11. The monoisotopic (exact) mass is 808 g/mol. The van der Waals surface area contributed by atoms with Gasteiger partial charge in [-0.1, -0.05) is 126 Å². The van der Waals surface area contributed by atoms with Crippen LogP contribution in [0.2, 0.25) is 0 Å². The van der Waals surface area contributed by atoms with Crippen molar-refractivity contribution in [3.8, 4) is 28.4 Å². The Morgan fingerprint density at radius 3 is 2.00 bits per heavy atom. The summed E-state index contributed by atoms with van der Waals surface area (Å²) in [4.78, 5) is 9.71. The van der Waals surface area contributed by atoms with E-state index >= 15 is 0 Å². The number of fused-ring (bicyclic) bond motifs is 7. The summed E-state index contributed by atoms with van der Waals surface area (Å²) >= 11 is 0. The second kappa shape index (κ2) is 14.1. The fourth-order valence-electron chi connectivity index (χ4n) is 9.17. The fraction of sp³-hybridized carbons (Fsp3) is 0.161. The molecule has 62 heavy (non-hydrogen) atoms. The standard InChI is InChI=1S/C56H48N4O2/c1-55(2,3)36-25-27-43(45-19-14-20-46-44-18-8-12-24-52(44)62-54(45)46)50(31-36)59-35-58(48-22-10-11-23-49(48)59)38-15-13-16-39(33-38)61-40-26-28-42-41-17-7-9-21-47(41)60(51(42)34-40)53-32-37(29-30-57-53)56(4,5)6/h7-34H,35H2,1-6H3. The maximum absolute atomic E-state index is 6.76. The number of benzene rings is 7. The lowest BCUT2D eigenvalue weighted by Crippen LogP contribution is -2.25. The van der Waals surface area contributed by atoms with E-state index in [0.29, 0.717) is 6.67 Å². The largest absolute Gasteiger partial charge is 0.457 e. The van der Waals surface area contributed by atoms with Crippen molar-refractivity contribution in [1.29, 1.82) is 0 Å². The number of furan rings is 1. The van der Waals surface area contributed by atoms with Crippen molar-refractivity contribution in [2.75, 3.05) is 16.5 Å². The van der Waals surface area contributed by atoms with Gasteiger partial charge in [0.2, 0.25) is 0 Å². The summed E-state index contributed by atoms with van der Waals surface area (Å²) in [5, 5.41) is 4.59. The molecule has 1 aliphatic heterocycles. The number of pyridine rings is 1. The molecule has 304 valence electrons. The molecular weight excluding hydrogens is 761 g/mol. The molecule has 0 saturated heterocycles. The van der Waals surface area contributed by atoms with E-state index in [1.54, 1.807) is 0 Å². The molecule has 0 fully saturated rings. The SMILES string of the molecule is CC(C)(C)c1ccnc(-n2c3ccccc3c3ccc(Oc4cccc(N5CN(c6cc(C(C)(C)C)ccc6-c6cccc7c6oc6ccccc67)c6ccccc65)c4)cc32)c1. The van der Waals surface area contributed by atoms with Crippen LogP contribution in [0, 0.1) is 0 Å². The Bertz CT molecular complexity index is 3360. The number of hydrogen-bond acceptors (Lipinski definition) is 5. The molecule has 10 aromatic rings. The Hall–Kier alpha value is -7.31. The Morgan fingerprint density at radius 2 is 1.18 bits per heavy atom. The number of para-hydroxylation sites is 5. The third-order valence-corrected chi connectivity index (χ3v) is 12.4. The van der Waals surface area contributed by atoms with Crippen molar-refractivity contribution in [2.24, 2.45) is 0 Å². The van der Waals surface area contributed by atoms with E-state index in [4.69, 9.17) is 14.1 Å². The Morgan fingerprint density at radius 1 is 0.500 bits per heavy atom. The maximum atomic E-state index is 6.76. The molecule has 0 amide bonds. The molecule has 0 saturated carbocycles. The molecule has 6 nitrogen and oxygen atoms in total. The minimum atomic E-state index is -0.0480. The maximum Gasteiger partial charge on any atom is 0.143 e. The zero-order valence-corrected chi connectivity index (χ0v) is 36.0. The molecule has 0 radical (unpaired) electrons. The van der Waals surface area contributed by atoms with Crippen LogP contribution >= 0.6 is 0 Å². The van der Waals surface area contributed by atoms with Crippen molar-refractivity contribution >= 4 is 66.5 Å². The van der Waals surface area contributed by atoms with Gasteiger partial charge in [0, 0.05) is 56.7 Å². The average molecular weight is 809 g/mol. The number of aromatic nitrogens is 2. The van der Waals surface area contributed by atoms with Gasteiger partial charge in [0.05, 0.1) is 28.1 Å². The second-order valence-corrected chi connectivity index (χ2v) is 18.5. The first-order chi connectivity index (χ1) is 30.0. The van der Waals surface area contributed by atoms with E-state index in [1.165, 1.54) is 16.5 Å². The van der Waals surface area contributed by atoms with Crippen LogP contribution in [-0.4, -0.2) is 16.2 Å². The summed E-state index contributed by atoms with van der Waals surface area (Å²) in [6, 6.07) is 58.1. The van der Waals surface area contributed by atoms with Gasteiger partial charge in [-0.2, -0.15) is 0 Å². The van der Waals surface area contributed by atoms with E-state index in [9.17, 15) is 0 Å². The second-order valence-electron chi connectivity index (χ2n) is 18.5. The van der Waals surface area contributed by atoms with Crippen molar-refractivity contribution < 1.29 is 9.15 Å². The minimum Gasteiger partial charge on any atom is -0.457 e. The molecule has 4 heterocycles. The highest BCUT2D eigenvalue weighted by Crippen LogP contribution is 2.49. The van der Waals surface area contributed by atoms with Gasteiger partial charge >= 0.3 is 0 Å². The Kier molecular flexibility index (Phi) is 8.59. The van der Waals surface area contributed by atoms with E-state index in [0.717, 1.165) is 89.6 Å². The molecule has 0 atom stereocenters. The predicted octanol–water partition coefficient (Wildman–Crippen LogP) is 15.4. The normalized spacial score (nSPS) is 13.2. The first-order valence-corrected chi connectivity index (χ1v) is 21.5. The molecule has 0 N–H and O–H groups in total. The molecular formula is C56H48N4O2. The summed E-state index contributed by atoms with van der Waals surface area (Å²) in [6.45, 7) is 14.2. The van der Waals surface area contributed by atoms with Crippen molar-refractivity contribution in [1.82, 2.24) is 9.55 Å². The highest BCUT2D eigenvalue weighted by atomic mass is 16.5. The number of nitrogens with zero attached hydrogens (tertiary/aromatic N) is 4. The molecule has 6 heteroatoms. The van der Waals surface area contributed by atoms with Gasteiger partial charge in [-0.3, -0.25) is 4.57 Å². The first-order valence-electron chi connectivity index (χ1n) is 21.5. The lowest BCUT2D eigenvalue weighted by Gasteiger charge is -2.27. The quantitative estimate of drug-likeness (QED) is 0.167. The summed E-state index contributed by atoms with van der Waals surface area (Å²) in [6.07, 6.45) is 1.92. The summed E-state index contributed by atoms with van der Waals surface area (Å²) in [7, 11) is 0. The van der Waals surface area contributed by atoms with Crippen LogP contribution < -0.4 is 14.5 Å². The van der Waals surface area contributed by atoms with E-state index < -0.39 is 0 Å². The molecule has 0 unspecified atom stereocenters. The highest BCUT2D eigenvalue weighted by Gasteiger charge is 2.31. The molecule has 0 aliphatic carbocycles. The third-order valence-electron chi connectivity index (χ3n) is 12.4. The predicted molar refractivity (Wildman–Crippen MR) is 257 cm³/mol.